The van der Waals surface area contributed by atoms with Crippen LogP contribution in [0.3, 0.4) is 0 Å². The quantitative estimate of drug-likeness (QED) is 0.793. The maximum Gasteiger partial charge on any atom is 0.138 e. The van der Waals surface area contributed by atoms with Crippen molar-refractivity contribution in [3.8, 4) is 0 Å². The zero-order valence-electron chi connectivity index (χ0n) is 14.1. The molecule has 0 bridgehead atoms. The molecule has 116 valence electrons. The predicted octanol–water partition coefficient (Wildman–Crippen LogP) is 2.11. The number of hydrogen-bond donors (Lipinski definition) is 1. The minimum Gasteiger partial charge on any atom is -0.315 e. The van der Waals surface area contributed by atoms with Crippen molar-refractivity contribution in [1.29, 1.82) is 0 Å². The van der Waals surface area contributed by atoms with Gasteiger partial charge in [0.2, 0.25) is 0 Å². The average Bonchev–Trinajstić information content (AvgIpc) is 2.85. The van der Waals surface area contributed by atoms with Crippen LogP contribution in [0.4, 0.5) is 0 Å². The number of hydrogen-bond acceptors (Lipinski definition) is 4. The van der Waals surface area contributed by atoms with E-state index in [-0.39, 0.29) is 5.54 Å². The molecule has 1 aromatic rings. The largest absolute Gasteiger partial charge is 0.315 e. The molecule has 5 heteroatoms. The summed E-state index contributed by atoms with van der Waals surface area (Å²) in [7, 11) is 2.03. The number of likely N-dealkylation sites (N-methyl/N-ethyl adjacent to an activating group) is 2. The lowest BCUT2D eigenvalue weighted by Gasteiger charge is -2.43. The molecule has 1 rings (SSSR count). The minimum absolute atomic E-state index is 0.0754. The number of nitrogens with one attached hydrogen (secondary N) is 1. The van der Waals surface area contributed by atoms with Crippen LogP contribution in [0.1, 0.15) is 53.4 Å². The summed E-state index contributed by atoms with van der Waals surface area (Å²) < 4.78 is 2.02. The molecule has 0 fully saturated rings. The van der Waals surface area contributed by atoms with Gasteiger partial charge in [0, 0.05) is 24.0 Å². The molecular formula is C15H31N5. The van der Waals surface area contributed by atoms with Gasteiger partial charge in [-0.15, -0.1) is 0 Å². The maximum absolute atomic E-state index is 4.44. The van der Waals surface area contributed by atoms with Gasteiger partial charge in [-0.1, -0.05) is 13.8 Å². The van der Waals surface area contributed by atoms with Crippen LogP contribution in [-0.2, 0) is 6.42 Å². The van der Waals surface area contributed by atoms with E-state index in [0.29, 0.717) is 12.1 Å². The molecule has 0 aromatic carbocycles. The van der Waals surface area contributed by atoms with Crippen molar-refractivity contribution < 1.29 is 0 Å². The van der Waals surface area contributed by atoms with Crippen molar-refractivity contribution >= 4 is 0 Å². The number of rotatable bonds is 8. The Labute approximate surface area is 123 Å². The average molecular weight is 281 g/mol. The van der Waals surface area contributed by atoms with Crippen molar-refractivity contribution in [2.75, 3.05) is 20.1 Å². The topological polar surface area (TPSA) is 46.0 Å². The van der Waals surface area contributed by atoms with E-state index in [2.05, 4.69) is 61.8 Å². The van der Waals surface area contributed by atoms with Crippen LogP contribution in [0.2, 0.25) is 0 Å². The van der Waals surface area contributed by atoms with Crippen LogP contribution < -0.4 is 5.32 Å². The van der Waals surface area contributed by atoms with E-state index >= 15 is 0 Å². The Hall–Kier alpha value is -0.940. The Bertz CT molecular complexity index is 393. The van der Waals surface area contributed by atoms with E-state index in [1.165, 1.54) is 0 Å². The number of aromatic nitrogens is 3. The second-order valence-electron chi connectivity index (χ2n) is 6.09. The van der Waals surface area contributed by atoms with E-state index < -0.39 is 0 Å². The molecule has 0 spiro atoms. The molecule has 1 atom stereocenters. The van der Waals surface area contributed by atoms with E-state index in [1.807, 2.05) is 11.7 Å². The highest BCUT2D eigenvalue weighted by Crippen LogP contribution is 2.22. The van der Waals surface area contributed by atoms with Crippen LogP contribution in [0.15, 0.2) is 6.33 Å². The molecule has 1 aromatic heterocycles. The smallest absolute Gasteiger partial charge is 0.138 e. The van der Waals surface area contributed by atoms with Crippen molar-refractivity contribution in [3.05, 3.63) is 12.2 Å². The molecular weight excluding hydrogens is 250 g/mol. The lowest BCUT2D eigenvalue weighted by Crippen LogP contribution is -2.58. The molecule has 0 amide bonds. The van der Waals surface area contributed by atoms with E-state index in [4.69, 9.17) is 0 Å². The fraction of sp³-hybridized carbons (Fsp3) is 0.867. The van der Waals surface area contributed by atoms with Gasteiger partial charge in [-0.05, 0) is 47.8 Å². The molecule has 1 N–H and O–H groups in total. The molecule has 0 saturated heterocycles. The summed E-state index contributed by atoms with van der Waals surface area (Å²) in [6, 6.07) is 0.686. The summed E-state index contributed by atoms with van der Waals surface area (Å²) in [6.07, 6.45) is 2.55. The second kappa shape index (κ2) is 7.18. The lowest BCUT2D eigenvalue weighted by molar-refractivity contribution is 0.0929. The first-order chi connectivity index (χ1) is 9.38. The Kier molecular flexibility index (Phi) is 6.14. The summed E-state index contributed by atoms with van der Waals surface area (Å²) in [6.45, 7) is 15.4. The predicted molar refractivity (Wildman–Crippen MR) is 84.0 cm³/mol. The van der Waals surface area contributed by atoms with Gasteiger partial charge in [-0.3, -0.25) is 4.90 Å². The highest BCUT2D eigenvalue weighted by molar-refractivity contribution is 5.00. The molecule has 0 saturated carbocycles. The Morgan fingerprint density at radius 2 is 1.90 bits per heavy atom. The Morgan fingerprint density at radius 1 is 1.30 bits per heavy atom. The van der Waals surface area contributed by atoms with Gasteiger partial charge < -0.3 is 5.32 Å². The van der Waals surface area contributed by atoms with Crippen LogP contribution in [0.5, 0.6) is 0 Å². The molecule has 0 aliphatic heterocycles. The highest BCUT2D eigenvalue weighted by Gasteiger charge is 2.34. The Morgan fingerprint density at radius 3 is 2.35 bits per heavy atom. The third kappa shape index (κ3) is 3.58. The molecule has 20 heavy (non-hydrogen) atoms. The third-order valence-corrected chi connectivity index (χ3v) is 4.30. The first kappa shape index (κ1) is 17.1. The first-order valence-electron chi connectivity index (χ1n) is 7.69. The maximum atomic E-state index is 4.44. The minimum atomic E-state index is 0.0754. The van der Waals surface area contributed by atoms with Gasteiger partial charge in [0.05, 0.1) is 0 Å². The summed E-state index contributed by atoms with van der Waals surface area (Å²) in [4.78, 5) is 6.93. The fourth-order valence-electron chi connectivity index (χ4n) is 3.00. The zero-order valence-corrected chi connectivity index (χ0v) is 14.1. The van der Waals surface area contributed by atoms with E-state index in [0.717, 1.165) is 25.3 Å². The summed E-state index contributed by atoms with van der Waals surface area (Å²) in [5, 5.41) is 7.81. The van der Waals surface area contributed by atoms with Gasteiger partial charge in [-0.2, -0.15) is 5.10 Å². The molecule has 0 aliphatic rings. The SMILES string of the molecule is CCN(CC)C(C)(C)C(Cc1ncnn1C(C)C)NC. The van der Waals surface area contributed by atoms with E-state index in [1.54, 1.807) is 6.33 Å². The van der Waals surface area contributed by atoms with Crippen LogP contribution in [0, 0.1) is 0 Å². The van der Waals surface area contributed by atoms with Gasteiger partial charge in [0.25, 0.3) is 0 Å². The first-order valence-corrected chi connectivity index (χ1v) is 7.69. The lowest BCUT2D eigenvalue weighted by atomic mass is 9.89. The third-order valence-electron chi connectivity index (χ3n) is 4.30. The van der Waals surface area contributed by atoms with Crippen LogP contribution in [-0.4, -0.2) is 51.4 Å². The molecule has 0 radical (unpaired) electrons. The van der Waals surface area contributed by atoms with Crippen molar-refractivity contribution in [1.82, 2.24) is 25.0 Å². The molecule has 0 aliphatic carbocycles. The Balaban J connectivity index is 2.93. The molecule has 5 nitrogen and oxygen atoms in total. The molecule has 1 unspecified atom stereocenters. The van der Waals surface area contributed by atoms with Gasteiger partial charge in [0.15, 0.2) is 0 Å². The van der Waals surface area contributed by atoms with Crippen molar-refractivity contribution in [3.63, 3.8) is 0 Å². The van der Waals surface area contributed by atoms with Gasteiger partial charge >= 0.3 is 0 Å². The summed E-state index contributed by atoms with van der Waals surface area (Å²) >= 11 is 0. The van der Waals surface area contributed by atoms with Crippen molar-refractivity contribution in [2.24, 2.45) is 0 Å². The van der Waals surface area contributed by atoms with Crippen molar-refractivity contribution in [2.45, 2.75) is 65.6 Å². The van der Waals surface area contributed by atoms with E-state index in [9.17, 15) is 0 Å². The molecule has 1 heterocycles. The zero-order chi connectivity index (χ0) is 15.3. The fourth-order valence-corrected chi connectivity index (χ4v) is 3.00. The standard InChI is InChI=1S/C15H31N5/c1-8-19(9-2)15(5,6)13(16-7)10-14-17-11-18-20(14)12(3)4/h11-13,16H,8-10H2,1-7H3. The monoisotopic (exact) mass is 281 g/mol. The summed E-state index contributed by atoms with van der Waals surface area (Å²) in [5.41, 5.74) is 0.0754. The number of nitrogens with zero attached hydrogens (tertiary/aromatic N) is 4. The second-order valence-corrected chi connectivity index (χ2v) is 6.09. The normalized spacial score (nSPS) is 14.2. The van der Waals surface area contributed by atoms with Crippen LogP contribution >= 0.6 is 0 Å². The summed E-state index contributed by atoms with van der Waals surface area (Å²) in [5.74, 6) is 1.06. The van der Waals surface area contributed by atoms with Gasteiger partial charge in [-0.25, -0.2) is 9.67 Å². The van der Waals surface area contributed by atoms with Gasteiger partial charge in [0.1, 0.15) is 12.2 Å². The van der Waals surface area contributed by atoms with Crippen LogP contribution in [0.25, 0.3) is 0 Å². The highest BCUT2D eigenvalue weighted by atomic mass is 15.3.